The van der Waals surface area contributed by atoms with Crippen molar-refractivity contribution in [1.82, 2.24) is 9.55 Å². The van der Waals surface area contributed by atoms with Gasteiger partial charge in [-0.2, -0.15) is 0 Å². The van der Waals surface area contributed by atoms with Gasteiger partial charge in [-0.1, -0.05) is 42.1 Å². The van der Waals surface area contributed by atoms with E-state index in [1.54, 1.807) is 15.9 Å². The van der Waals surface area contributed by atoms with Crippen LogP contribution in [0.3, 0.4) is 0 Å². The first-order chi connectivity index (χ1) is 17.0. The van der Waals surface area contributed by atoms with Crippen molar-refractivity contribution in [2.75, 3.05) is 17.2 Å². The normalized spacial score (nSPS) is 14.9. The van der Waals surface area contributed by atoms with Gasteiger partial charge in [0.2, 0.25) is 5.91 Å². The second-order valence-electron chi connectivity index (χ2n) is 9.43. The van der Waals surface area contributed by atoms with Gasteiger partial charge in [-0.15, -0.1) is 11.3 Å². The maximum atomic E-state index is 14.0. The minimum Gasteiger partial charge on any atom is -0.311 e. The summed E-state index contributed by atoms with van der Waals surface area (Å²) in [6.07, 6.45) is 5.03. The topological polar surface area (TPSA) is 55.2 Å². The molecular formula is C28H27N3O2S2. The van der Waals surface area contributed by atoms with E-state index in [4.69, 9.17) is 4.98 Å². The van der Waals surface area contributed by atoms with Crippen LogP contribution in [-0.4, -0.2) is 27.8 Å². The highest BCUT2D eigenvalue weighted by atomic mass is 32.2. The molecule has 4 aromatic rings. The van der Waals surface area contributed by atoms with Gasteiger partial charge < -0.3 is 4.90 Å². The van der Waals surface area contributed by atoms with Crippen LogP contribution in [0.2, 0.25) is 0 Å². The molecule has 2 aromatic carbocycles. The van der Waals surface area contributed by atoms with E-state index in [1.165, 1.54) is 27.8 Å². The average Bonchev–Trinajstić information content (AvgIpc) is 3.45. The quantitative estimate of drug-likeness (QED) is 0.269. The Hall–Kier alpha value is -2.90. The Labute approximate surface area is 212 Å². The highest BCUT2D eigenvalue weighted by molar-refractivity contribution is 7.99. The maximum Gasteiger partial charge on any atom is 0.267 e. The molecule has 2 aromatic heterocycles. The molecule has 1 aliphatic heterocycles. The number of nitrogens with zero attached hydrogens (tertiary/aromatic N) is 3. The smallest absolute Gasteiger partial charge is 0.267 e. The number of carbonyl (C=O) groups is 1. The second kappa shape index (κ2) is 8.95. The van der Waals surface area contributed by atoms with Gasteiger partial charge in [0.15, 0.2) is 5.16 Å². The SMILES string of the molecule is Cc1ccc(C)c(-n2c(SCC(=O)N3CCCc4ccccc43)nc3sc4c(c3c2=O)CCC4)c1. The number of thiophene rings is 1. The molecule has 0 saturated heterocycles. The van der Waals surface area contributed by atoms with Crippen molar-refractivity contribution in [3.05, 3.63) is 79.9 Å². The molecule has 0 unspecified atom stereocenters. The molecule has 1 aliphatic carbocycles. The lowest BCUT2D eigenvalue weighted by Gasteiger charge is -2.29. The number of aryl methyl sites for hydroxylation is 5. The van der Waals surface area contributed by atoms with Crippen LogP contribution in [0.15, 0.2) is 52.4 Å². The third-order valence-electron chi connectivity index (χ3n) is 7.05. The number of hydrogen-bond acceptors (Lipinski definition) is 5. The molecule has 0 fully saturated rings. The van der Waals surface area contributed by atoms with E-state index in [1.807, 2.05) is 49.1 Å². The van der Waals surface area contributed by atoms with Crippen molar-refractivity contribution in [3.8, 4) is 5.69 Å². The number of para-hydroxylation sites is 1. The minimum absolute atomic E-state index is 0.0126. The maximum absolute atomic E-state index is 14.0. The molecule has 5 nitrogen and oxygen atoms in total. The summed E-state index contributed by atoms with van der Waals surface area (Å²) in [5.41, 5.74) is 6.35. The zero-order chi connectivity index (χ0) is 24.1. The van der Waals surface area contributed by atoms with Crippen molar-refractivity contribution in [1.29, 1.82) is 0 Å². The van der Waals surface area contributed by atoms with E-state index in [0.29, 0.717) is 5.16 Å². The molecule has 0 N–H and O–H groups in total. The number of fused-ring (bicyclic) bond motifs is 4. The number of benzene rings is 2. The number of amides is 1. The summed E-state index contributed by atoms with van der Waals surface area (Å²) < 4.78 is 1.75. The lowest BCUT2D eigenvalue weighted by Crippen LogP contribution is -2.36. The molecule has 0 spiro atoms. The molecule has 0 radical (unpaired) electrons. The number of rotatable bonds is 4. The van der Waals surface area contributed by atoms with Gasteiger partial charge in [-0.05, 0) is 80.3 Å². The van der Waals surface area contributed by atoms with Crippen LogP contribution >= 0.6 is 23.1 Å². The molecule has 35 heavy (non-hydrogen) atoms. The Kier molecular flexibility index (Phi) is 5.77. The highest BCUT2D eigenvalue weighted by Gasteiger charge is 2.26. The molecule has 0 atom stereocenters. The first-order valence-corrected chi connectivity index (χ1v) is 14.0. The predicted molar refractivity (Wildman–Crippen MR) is 145 cm³/mol. The number of hydrogen-bond donors (Lipinski definition) is 0. The fourth-order valence-electron chi connectivity index (χ4n) is 5.29. The highest BCUT2D eigenvalue weighted by Crippen LogP contribution is 2.36. The zero-order valence-electron chi connectivity index (χ0n) is 20.0. The largest absolute Gasteiger partial charge is 0.311 e. The number of carbonyl (C=O) groups excluding carboxylic acids is 1. The fraction of sp³-hybridized carbons (Fsp3) is 0.321. The Morgan fingerprint density at radius 1 is 1.06 bits per heavy atom. The van der Waals surface area contributed by atoms with Crippen molar-refractivity contribution in [2.24, 2.45) is 0 Å². The standard InChI is InChI=1S/C28H27N3O2S2/c1-17-12-13-18(2)22(15-17)31-27(33)25-20-9-5-11-23(20)35-26(25)29-28(31)34-16-24(32)30-14-6-8-19-7-3-4-10-21(19)30/h3-4,7,10,12-13,15H,5-6,8-9,11,14,16H2,1-2H3. The summed E-state index contributed by atoms with van der Waals surface area (Å²) in [6.45, 7) is 4.78. The molecule has 178 valence electrons. The van der Waals surface area contributed by atoms with Crippen molar-refractivity contribution >= 4 is 44.9 Å². The van der Waals surface area contributed by atoms with Gasteiger partial charge in [0, 0.05) is 17.1 Å². The first kappa shape index (κ1) is 22.6. The Morgan fingerprint density at radius 3 is 2.80 bits per heavy atom. The monoisotopic (exact) mass is 501 g/mol. The number of thioether (sulfide) groups is 1. The van der Waals surface area contributed by atoms with E-state index in [0.717, 1.165) is 71.4 Å². The lowest BCUT2D eigenvalue weighted by atomic mass is 10.0. The van der Waals surface area contributed by atoms with E-state index < -0.39 is 0 Å². The van der Waals surface area contributed by atoms with Gasteiger partial charge in [-0.25, -0.2) is 4.98 Å². The molecule has 2 aliphatic rings. The van der Waals surface area contributed by atoms with Crippen molar-refractivity contribution in [3.63, 3.8) is 0 Å². The summed E-state index contributed by atoms with van der Waals surface area (Å²) in [4.78, 5) is 36.3. The van der Waals surface area contributed by atoms with Crippen LogP contribution < -0.4 is 10.5 Å². The van der Waals surface area contributed by atoms with Crippen LogP contribution in [0.5, 0.6) is 0 Å². The van der Waals surface area contributed by atoms with Gasteiger partial charge >= 0.3 is 0 Å². The Morgan fingerprint density at radius 2 is 1.91 bits per heavy atom. The Balaban J connectivity index is 1.42. The average molecular weight is 502 g/mol. The molecule has 3 heterocycles. The van der Waals surface area contributed by atoms with Crippen LogP contribution in [0.25, 0.3) is 15.9 Å². The summed E-state index contributed by atoms with van der Waals surface area (Å²) in [5, 5.41) is 1.36. The van der Waals surface area contributed by atoms with Gasteiger partial charge in [-0.3, -0.25) is 14.2 Å². The van der Waals surface area contributed by atoms with E-state index >= 15 is 0 Å². The number of anilines is 1. The lowest BCUT2D eigenvalue weighted by molar-refractivity contribution is -0.116. The summed E-state index contributed by atoms with van der Waals surface area (Å²) >= 11 is 3.02. The van der Waals surface area contributed by atoms with E-state index in [9.17, 15) is 9.59 Å². The number of aromatic nitrogens is 2. The van der Waals surface area contributed by atoms with Gasteiger partial charge in [0.05, 0.1) is 16.8 Å². The van der Waals surface area contributed by atoms with Crippen LogP contribution in [-0.2, 0) is 24.1 Å². The van der Waals surface area contributed by atoms with Crippen molar-refractivity contribution < 1.29 is 4.79 Å². The minimum atomic E-state index is -0.0126. The van der Waals surface area contributed by atoms with Crippen LogP contribution in [0.4, 0.5) is 5.69 Å². The first-order valence-electron chi connectivity index (χ1n) is 12.2. The second-order valence-corrected chi connectivity index (χ2v) is 11.5. The molecule has 0 saturated carbocycles. The third-order valence-corrected chi connectivity index (χ3v) is 9.16. The summed E-state index contributed by atoms with van der Waals surface area (Å²) in [6, 6.07) is 14.3. The third kappa shape index (κ3) is 3.91. The summed E-state index contributed by atoms with van der Waals surface area (Å²) in [5.74, 6) is 0.292. The zero-order valence-corrected chi connectivity index (χ0v) is 21.6. The van der Waals surface area contributed by atoms with Gasteiger partial charge in [0.1, 0.15) is 4.83 Å². The molecular weight excluding hydrogens is 474 g/mol. The fourth-order valence-corrected chi connectivity index (χ4v) is 7.48. The van der Waals surface area contributed by atoms with Crippen LogP contribution in [0.1, 0.15) is 40.0 Å². The van der Waals surface area contributed by atoms with E-state index in [2.05, 4.69) is 12.1 Å². The Bertz CT molecular complexity index is 1540. The van der Waals surface area contributed by atoms with Crippen LogP contribution in [0, 0.1) is 13.8 Å². The predicted octanol–water partition coefficient (Wildman–Crippen LogP) is 5.62. The molecule has 1 amide bonds. The van der Waals surface area contributed by atoms with Gasteiger partial charge in [0.25, 0.3) is 5.56 Å². The summed E-state index contributed by atoms with van der Waals surface area (Å²) in [7, 11) is 0. The molecule has 7 heteroatoms. The van der Waals surface area contributed by atoms with E-state index in [-0.39, 0.29) is 17.2 Å². The van der Waals surface area contributed by atoms with Crippen molar-refractivity contribution in [2.45, 2.75) is 51.1 Å². The molecule has 6 rings (SSSR count). The molecule has 0 bridgehead atoms.